The van der Waals surface area contributed by atoms with Gasteiger partial charge in [0.1, 0.15) is 0 Å². The Labute approximate surface area is 98.6 Å². The highest BCUT2D eigenvalue weighted by Gasteiger charge is 2.32. The van der Waals surface area contributed by atoms with Crippen molar-refractivity contribution in [1.29, 1.82) is 0 Å². The number of piperidine rings is 1. The number of nitroso groups, excluding NO2 is 1. The first-order valence-electron chi connectivity index (χ1n) is 6.77. The minimum atomic E-state index is 0.104. The van der Waals surface area contributed by atoms with Gasteiger partial charge in [0.15, 0.2) is 0 Å². The first kappa shape index (κ1) is 12.0. The van der Waals surface area contributed by atoms with Gasteiger partial charge in [0.05, 0.1) is 6.04 Å². The van der Waals surface area contributed by atoms with Crippen LogP contribution >= 0.6 is 0 Å². The third-order valence-corrected chi connectivity index (χ3v) is 4.56. The zero-order chi connectivity index (χ0) is 11.5. The molecule has 0 spiro atoms. The number of hydrogen-bond donors (Lipinski definition) is 0. The van der Waals surface area contributed by atoms with E-state index in [9.17, 15) is 4.91 Å². The molecule has 2 aliphatic rings. The zero-order valence-electron chi connectivity index (χ0n) is 10.6. The van der Waals surface area contributed by atoms with Crippen molar-refractivity contribution in [3.8, 4) is 0 Å². The highest BCUT2D eigenvalue weighted by Crippen LogP contribution is 2.31. The Morgan fingerprint density at radius 3 is 2.31 bits per heavy atom. The lowest BCUT2D eigenvalue weighted by atomic mass is 9.86. The van der Waals surface area contributed by atoms with Gasteiger partial charge in [-0.1, -0.05) is 19.0 Å². The molecule has 1 aliphatic carbocycles. The quantitative estimate of drug-likeness (QED) is 0.690. The van der Waals surface area contributed by atoms with Crippen LogP contribution in [0.25, 0.3) is 0 Å². The average Bonchev–Trinajstić information content (AvgIpc) is 2.77. The van der Waals surface area contributed by atoms with Crippen molar-refractivity contribution in [2.45, 2.75) is 58.0 Å². The third-order valence-electron chi connectivity index (χ3n) is 4.56. The molecule has 0 bridgehead atoms. The van der Waals surface area contributed by atoms with Gasteiger partial charge in [-0.2, -0.15) is 4.91 Å². The van der Waals surface area contributed by atoms with E-state index in [4.69, 9.17) is 0 Å². The molecule has 3 nitrogen and oxygen atoms in total. The number of nitrogens with zero attached hydrogens (tertiary/aromatic N) is 2. The van der Waals surface area contributed by atoms with Crippen molar-refractivity contribution >= 4 is 0 Å². The monoisotopic (exact) mass is 224 g/mol. The molecule has 1 saturated heterocycles. The van der Waals surface area contributed by atoms with Gasteiger partial charge in [0, 0.05) is 6.04 Å². The van der Waals surface area contributed by atoms with Crippen molar-refractivity contribution in [3.05, 3.63) is 4.91 Å². The lowest BCUT2D eigenvalue weighted by molar-refractivity contribution is 0.116. The summed E-state index contributed by atoms with van der Waals surface area (Å²) in [7, 11) is 0. The Hall–Kier alpha value is -0.440. The molecular weight excluding hydrogens is 200 g/mol. The molecule has 2 unspecified atom stereocenters. The lowest BCUT2D eigenvalue weighted by Gasteiger charge is -2.37. The maximum atomic E-state index is 10.5. The second-order valence-electron chi connectivity index (χ2n) is 5.84. The molecule has 92 valence electrons. The Bertz CT molecular complexity index is 234. The summed E-state index contributed by atoms with van der Waals surface area (Å²) in [5.74, 6) is 1.74. The van der Waals surface area contributed by atoms with Gasteiger partial charge >= 0.3 is 0 Å². The Morgan fingerprint density at radius 2 is 1.81 bits per heavy atom. The van der Waals surface area contributed by atoms with Crippen molar-refractivity contribution in [2.24, 2.45) is 17.0 Å². The summed E-state index contributed by atoms with van der Waals surface area (Å²) < 4.78 is 0. The van der Waals surface area contributed by atoms with Crippen LogP contribution in [0.5, 0.6) is 0 Å². The SMILES string of the molecule is CC(C)C1CCN(C2CCC(N=O)C2)CC1. The Kier molecular flexibility index (Phi) is 3.95. The van der Waals surface area contributed by atoms with Crippen LogP contribution in [0.2, 0.25) is 0 Å². The van der Waals surface area contributed by atoms with Crippen LogP contribution in [-0.4, -0.2) is 30.1 Å². The molecular formula is C13H24N2O. The van der Waals surface area contributed by atoms with E-state index in [1.165, 1.54) is 32.4 Å². The maximum Gasteiger partial charge on any atom is 0.0935 e. The van der Waals surface area contributed by atoms with Crippen LogP contribution in [0.4, 0.5) is 0 Å². The number of rotatable bonds is 3. The largest absolute Gasteiger partial charge is 0.300 e. The molecule has 2 atom stereocenters. The van der Waals surface area contributed by atoms with Gasteiger partial charge < -0.3 is 4.90 Å². The summed E-state index contributed by atoms with van der Waals surface area (Å²) in [5.41, 5.74) is 0. The van der Waals surface area contributed by atoms with Gasteiger partial charge in [-0.25, -0.2) is 0 Å². The molecule has 1 saturated carbocycles. The molecule has 2 fully saturated rings. The molecule has 0 aromatic rings. The van der Waals surface area contributed by atoms with Crippen LogP contribution in [0.3, 0.4) is 0 Å². The second kappa shape index (κ2) is 5.26. The lowest BCUT2D eigenvalue weighted by Crippen LogP contribution is -2.41. The molecule has 0 aromatic heterocycles. The van der Waals surface area contributed by atoms with Gasteiger partial charge in [-0.3, -0.25) is 0 Å². The van der Waals surface area contributed by atoms with Gasteiger partial charge in [0.2, 0.25) is 0 Å². The summed E-state index contributed by atoms with van der Waals surface area (Å²) in [6.07, 6.45) is 5.89. The van der Waals surface area contributed by atoms with E-state index >= 15 is 0 Å². The number of likely N-dealkylation sites (tertiary alicyclic amines) is 1. The summed E-state index contributed by atoms with van der Waals surface area (Å²) in [4.78, 5) is 13.1. The van der Waals surface area contributed by atoms with Gasteiger partial charge in [0.25, 0.3) is 0 Å². The predicted octanol–water partition coefficient (Wildman–Crippen LogP) is 3.04. The predicted molar refractivity (Wildman–Crippen MR) is 66.4 cm³/mol. The molecule has 3 heteroatoms. The molecule has 2 rings (SSSR count). The highest BCUT2D eigenvalue weighted by atomic mass is 16.3. The highest BCUT2D eigenvalue weighted by molar-refractivity contribution is 4.88. The summed E-state index contributed by atoms with van der Waals surface area (Å²) in [6, 6.07) is 0.753. The fourth-order valence-electron chi connectivity index (χ4n) is 3.31. The van der Waals surface area contributed by atoms with E-state index in [0.29, 0.717) is 6.04 Å². The van der Waals surface area contributed by atoms with Crippen LogP contribution < -0.4 is 0 Å². The minimum absolute atomic E-state index is 0.104. The van der Waals surface area contributed by atoms with E-state index in [1.54, 1.807) is 0 Å². The van der Waals surface area contributed by atoms with Gasteiger partial charge in [-0.15, -0.1) is 0 Å². The molecule has 0 amide bonds. The van der Waals surface area contributed by atoms with Crippen molar-refractivity contribution in [3.63, 3.8) is 0 Å². The van der Waals surface area contributed by atoms with Crippen molar-refractivity contribution in [2.75, 3.05) is 13.1 Å². The van der Waals surface area contributed by atoms with E-state index in [0.717, 1.165) is 24.7 Å². The summed E-state index contributed by atoms with van der Waals surface area (Å²) in [5, 5.41) is 3.20. The van der Waals surface area contributed by atoms with Crippen LogP contribution in [0, 0.1) is 16.7 Å². The Balaban J connectivity index is 1.79. The minimum Gasteiger partial charge on any atom is -0.300 e. The zero-order valence-corrected chi connectivity index (χ0v) is 10.6. The van der Waals surface area contributed by atoms with Crippen molar-refractivity contribution in [1.82, 2.24) is 4.90 Å². The second-order valence-corrected chi connectivity index (χ2v) is 5.84. The molecule has 0 aromatic carbocycles. The smallest absolute Gasteiger partial charge is 0.0935 e. The topological polar surface area (TPSA) is 32.7 Å². The summed E-state index contributed by atoms with van der Waals surface area (Å²) >= 11 is 0. The standard InChI is InChI=1S/C13H24N2O/c1-10(2)11-5-7-15(8-6-11)13-4-3-12(9-13)14-16/h10-13H,3-9H2,1-2H3. The van der Waals surface area contributed by atoms with Gasteiger partial charge in [-0.05, 0) is 57.0 Å². The van der Waals surface area contributed by atoms with E-state index < -0.39 is 0 Å². The average molecular weight is 224 g/mol. The first-order chi connectivity index (χ1) is 7.70. The van der Waals surface area contributed by atoms with E-state index in [2.05, 4.69) is 23.9 Å². The fraction of sp³-hybridized carbons (Fsp3) is 1.00. The number of hydrogen-bond acceptors (Lipinski definition) is 3. The maximum absolute atomic E-state index is 10.5. The molecule has 1 heterocycles. The van der Waals surface area contributed by atoms with Crippen LogP contribution in [0.15, 0.2) is 5.18 Å². The molecule has 1 aliphatic heterocycles. The molecule has 16 heavy (non-hydrogen) atoms. The van der Waals surface area contributed by atoms with Crippen molar-refractivity contribution < 1.29 is 0 Å². The van der Waals surface area contributed by atoms with Crippen LogP contribution in [0.1, 0.15) is 46.0 Å². The molecule has 0 N–H and O–H groups in total. The van der Waals surface area contributed by atoms with Crippen LogP contribution in [-0.2, 0) is 0 Å². The van der Waals surface area contributed by atoms with E-state index in [1.807, 2.05) is 0 Å². The summed E-state index contributed by atoms with van der Waals surface area (Å²) in [6.45, 7) is 7.14. The third kappa shape index (κ3) is 2.62. The normalized spacial score (nSPS) is 33.4. The first-order valence-corrected chi connectivity index (χ1v) is 6.77. The van der Waals surface area contributed by atoms with E-state index in [-0.39, 0.29) is 6.04 Å². The fourth-order valence-corrected chi connectivity index (χ4v) is 3.31. The molecule has 0 radical (unpaired) electrons. The Morgan fingerprint density at radius 1 is 1.12 bits per heavy atom.